The molecule has 1 aliphatic heterocycles. The first-order chi connectivity index (χ1) is 6.59. The molecular weight excluding hydrogens is 176 g/mol. The Kier molecular flexibility index (Phi) is 4.90. The third-order valence-corrected chi connectivity index (χ3v) is 2.74. The molecule has 0 saturated carbocycles. The minimum atomic E-state index is 0.318. The van der Waals surface area contributed by atoms with E-state index in [0.717, 1.165) is 13.0 Å². The quantitative estimate of drug-likeness (QED) is 0.694. The summed E-state index contributed by atoms with van der Waals surface area (Å²) in [6.45, 7) is 9.37. The number of ether oxygens (including phenoxy) is 2. The topological polar surface area (TPSA) is 18.5 Å². The van der Waals surface area contributed by atoms with E-state index in [2.05, 4.69) is 27.7 Å². The van der Waals surface area contributed by atoms with Crippen molar-refractivity contribution >= 4 is 0 Å². The van der Waals surface area contributed by atoms with E-state index in [4.69, 9.17) is 9.47 Å². The van der Waals surface area contributed by atoms with Crippen LogP contribution >= 0.6 is 0 Å². The smallest absolute Gasteiger partial charge is 0.0812 e. The summed E-state index contributed by atoms with van der Waals surface area (Å²) in [4.78, 5) is 0. The molecule has 0 radical (unpaired) electrons. The Labute approximate surface area is 88.0 Å². The standard InChI is InChI=1S/C12H24O2/c1-9(2)12-7-5-6-11(14-12)8-13-10(3)4/h9-12H,5-8H2,1-4H3. The minimum Gasteiger partial charge on any atom is -0.376 e. The lowest BCUT2D eigenvalue weighted by Crippen LogP contribution is -2.34. The van der Waals surface area contributed by atoms with Gasteiger partial charge in [-0.25, -0.2) is 0 Å². The molecule has 0 aromatic rings. The van der Waals surface area contributed by atoms with Gasteiger partial charge in [-0.1, -0.05) is 13.8 Å². The van der Waals surface area contributed by atoms with E-state index in [0.29, 0.717) is 24.2 Å². The van der Waals surface area contributed by atoms with E-state index in [-0.39, 0.29) is 0 Å². The second kappa shape index (κ2) is 5.72. The Balaban J connectivity index is 2.25. The van der Waals surface area contributed by atoms with E-state index in [9.17, 15) is 0 Å². The predicted octanol–water partition coefficient (Wildman–Crippen LogP) is 3.01. The molecule has 84 valence electrons. The average Bonchev–Trinajstić information content (AvgIpc) is 2.15. The summed E-state index contributed by atoms with van der Waals surface area (Å²) in [5.41, 5.74) is 0. The van der Waals surface area contributed by atoms with E-state index < -0.39 is 0 Å². The molecule has 0 amide bonds. The summed E-state index contributed by atoms with van der Waals surface area (Å²) in [7, 11) is 0. The van der Waals surface area contributed by atoms with Crippen LogP contribution in [0.5, 0.6) is 0 Å². The van der Waals surface area contributed by atoms with E-state index in [1.165, 1.54) is 12.8 Å². The van der Waals surface area contributed by atoms with Crippen LogP contribution in [-0.4, -0.2) is 24.9 Å². The van der Waals surface area contributed by atoms with Crippen LogP contribution in [0.4, 0.5) is 0 Å². The van der Waals surface area contributed by atoms with Crippen molar-refractivity contribution in [2.24, 2.45) is 5.92 Å². The molecule has 2 unspecified atom stereocenters. The molecule has 1 fully saturated rings. The third kappa shape index (κ3) is 3.97. The van der Waals surface area contributed by atoms with Crippen LogP contribution < -0.4 is 0 Å². The second-order valence-electron chi connectivity index (χ2n) is 4.85. The maximum atomic E-state index is 5.97. The molecule has 0 aliphatic carbocycles. The van der Waals surface area contributed by atoms with Gasteiger partial charge in [0.05, 0.1) is 24.9 Å². The van der Waals surface area contributed by atoms with Gasteiger partial charge < -0.3 is 9.47 Å². The molecule has 2 atom stereocenters. The normalized spacial score (nSPS) is 28.7. The molecule has 14 heavy (non-hydrogen) atoms. The van der Waals surface area contributed by atoms with E-state index in [1.54, 1.807) is 0 Å². The fourth-order valence-corrected chi connectivity index (χ4v) is 1.84. The largest absolute Gasteiger partial charge is 0.376 e. The van der Waals surface area contributed by atoms with Gasteiger partial charge >= 0.3 is 0 Å². The first-order valence-corrected chi connectivity index (χ1v) is 5.86. The Morgan fingerprint density at radius 1 is 1.21 bits per heavy atom. The van der Waals surface area contributed by atoms with Crippen molar-refractivity contribution < 1.29 is 9.47 Å². The zero-order valence-electron chi connectivity index (χ0n) is 9.95. The predicted molar refractivity (Wildman–Crippen MR) is 58.4 cm³/mol. The molecular formula is C12H24O2. The van der Waals surface area contributed by atoms with Gasteiger partial charge in [0, 0.05) is 0 Å². The molecule has 1 aliphatic rings. The summed E-state index contributed by atoms with van der Waals surface area (Å²) in [5, 5.41) is 0. The molecule has 1 saturated heterocycles. The second-order valence-corrected chi connectivity index (χ2v) is 4.85. The zero-order valence-corrected chi connectivity index (χ0v) is 9.95. The van der Waals surface area contributed by atoms with Crippen LogP contribution in [0.15, 0.2) is 0 Å². The van der Waals surface area contributed by atoms with Crippen LogP contribution in [0.2, 0.25) is 0 Å². The van der Waals surface area contributed by atoms with Gasteiger partial charge in [0.15, 0.2) is 0 Å². The van der Waals surface area contributed by atoms with Gasteiger partial charge in [-0.15, -0.1) is 0 Å². The average molecular weight is 200 g/mol. The monoisotopic (exact) mass is 200 g/mol. The van der Waals surface area contributed by atoms with Gasteiger partial charge in [0.1, 0.15) is 0 Å². The molecule has 0 aromatic carbocycles. The fourth-order valence-electron chi connectivity index (χ4n) is 1.84. The number of rotatable bonds is 4. The Bertz CT molecular complexity index is 154. The Morgan fingerprint density at radius 2 is 1.93 bits per heavy atom. The van der Waals surface area contributed by atoms with Gasteiger partial charge in [-0.2, -0.15) is 0 Å². The highest BCUT2D eigenvalue weighted by molar-refractivity contribution is 4.73. The molecule has 1 rings (SSSR count). The van der Waals surface area contributed by atoms with Crippen LogP contribution in [0.1, 0.15) is 47.0 Å². The van der Waals surface area contributed by atoms with Gasteiger partial charge in [0.2, 0.25) is 0 Å². The van der Waals surface area contributed by atoms with Crippen molar-refractivity contribution in [1.82, 2.24) is 0 Å². The van der Waals surface area contributed by atoms with Crippen molar-refractivity contribution in [2.75, 3.05) is 6.61 Å². The molecule has 0 bridgehead atoms. The lowest BCUT2D eigenvalue weighted by atomic mass is 9.96. The Morgan fingerprint density at radius 3 is 2.50 bits per heavy atom. The van der Waals surface area contributed by atoms with Crippen molar-refractivity contribution in [1.29, 1.82) is 0 Å². The summed E-state index contributed by atoms with van der Waals surface area (Å²) < 4.78 is 11.6. The van der Waals surface area contributed by atoms with Gasteiger partial charge in [-0.05, 0) is 39.0 Å². The van der Waals surface area contributed by atoms with Crippen molar-refractivity contribution in [3.8, 4) is 0 Å². The number of hydrogen-bond acceptors (Lipinski definition) is 2. The van der Waals surface area contributed by atoms with E-state index in [1.807, 2.05) is 0 Å². The van der Waals surface area contributed by atoms with Crippen LogP contribution in [0.25, 0.3) is 0 Å². The first-order valence-electron chi connectivity index (χ1n) is 5.86. The van der Waals surface area contributed by atoms with Gasteiger partial charge in [0.25, 0.3) is 0 Å². The highest BCUT2D eigenvalue weighted by Crippen LogP contribution is 2.24. The SMILES string of the molecule is CC(C)OCC1CCCC(C(C)C)O1. The lowest BCUT2D eigenvalue weighted by Gasteiger charge is -2.32. The summed E-state index contributed by atoms with van der Waals surface area (Å²) >= 11 is 0. The van der Waals surface area contributed by atoms with Crippen LogP contribution in [0, 0.1) is 5.92 Å². The fraction of sp³-hybridized carbons (Fsp3) is 1.00. The lowest BCUT2D eigenvalue weighted by molar-refractivity contribution is -0.109. The van der Waals surface area contributed by atoms with Crippen molar-refractivity contribution in [2.45, 2.75) is 65.3 Å². The molecule has 2 nitrogen and oxygen atoms in total. The third-order valence-electron chi connectivity index (χ3n) is 2.74. The molecule has 0 aromatic heterocycles. The zero-order chi connectivity index (χ0) is 10.6. The highest BCUT2D eigenvalue weighted by atomic mass is 16.5. The first kappa shape index (κ1) is 12.0. The van der Waals surface area contributed by atoms with E-state index >= 15 is 0 Å². The van der Waals surface area contributed by atoms with Crippen LogP contribution in [0.3, 0.4) is 0 Å². The Hall–Kier alpha value is -0.0800. The van der Waals surface area contributed by atoms with Gasteiger partial charge in [-0.3, -0.25) is 0 Å². The molecule has 2 heteroatoms. The molecule has 0 N–H and O–H groups in total. The van der Waals surface area contributed by atoms with Crippen molar-refractivity contribution in [3.05, 3.63) is 0 Å². The van der Waals surface area contributed by atoms with Crippen LogP contribution in [-0.2, 0) is 9.47 Å². The molecule has 1 heterocycles. The van der Waals surface area contributed by atoms with Crippen molar-refractivity contribution in [3.63, 3.8) is 0 Å². The minimum absolute atomic E-state index is 0.318. The summed E-state index contributed by atoms with van der Waals surface area (Å²) in [6.07, 6.45) is 4.77. The maximum Gasteiger partial charge on any atom is 0.0812 e. The maximum absolute atomic E-state index is 5.97. The highest BCUT2D eigenvalue weighted by Gasteiger charge is 2.24. The summed E-state index contributed by atoms with van der Waals surface area (Å²) in [6, 6.07) is 0. The number of hydrogen-bond donors (Lipinski definition) is 0. The molecule has 0 spiro atoms. The summed E-state index contributed by atoms with van der Waals surface area (Å²) in [5.74, 6) is 0.636.